The highest BCUT2D eigenvalue weighted by Crippen LogP contribution is 2.32. The van der Waals surface area contributed by atoms with Crippen LogP contribution in [0.2, 0.25) is 0 Å². The minimum atomic E-state index is -0.172. The third-order valence-corrected chi connectivity index (χ3v) is 3.59. The highest BCUT2D eigenvalue weighted by Gasteiger charge is 2.12. The van der Waals surface area contributed by atoms with Gasteiger partial charge in [-0.2, -0.15) is 0 Å². The second-order valence-electron chi connectivity index (χ2n) is 4.45. The fourth-order valence-electron chi connectivity index (χ4n) is 1.94. The molecule has 0 spiro atoms. The second-order valence-corrected chi connectivity index (χ2v) is 5.69. The summed E-state index contributed by atoms with van der Waals surface area (Å²) in [7, 11) is 0. The summed E-state index contributed by atoms with van der Waals surface area (Å²) in [5.74, 6) is 1.26. The summed E-state index contributed by atoms with van der Waals surface area (Å²) in [5.41, 5.74) is 1.67. The Labute approximate surface area is 135 Å². The number of anilines is 1. The van der Waals surface area contributed by atoms with E-state index in [0.29, 0.717) is 5.75 Å². The summed E-state index contributed by atoms with van der Waals surface area (Å²) in [6, 6.07) is 13.2. The molecule has 0 radical (unpaired) electrons. The Bertz CT molecular complexity index is 712. The average molecular weight is 393 g/mol. The number of hydrogen-bond donors (Lipinski definition) is 1. The molecule has 2 aromatic rings. The zero-order valence-corrected chi connectivity index (χ0v) is 13.2. The summed E-state index contributed by atoms with van der Waals surface area (Å²) in [6.45, 7) is 0.246. The number of halogens is 1. The largest absolute Gasteiger partial charge is 0.454 e. The molecule has 1 heterocycles. The van der Waals surface area contributed by atoms with Gasteiger partial charge in [-0.25, -0.2) is 0 Å². The third kappa shape index (κ3) is 3.55. The quantitative estimate of drug-likeness (QED) is 0.640. The smallest absolute Gasteiger partial charge is 0.248 e. The van der Waals surface area contributed by atoms with Gasteiger partial charge in [0.1, 0.15) is 0 Å². The minimum absolute atomic E-state index is 0.172. The lowest BCUT2D eigenvalue weighted by Crippen LogP contribution is -2.07. The van der Waals surface area contributed by atoms with Crippen LogP contribution in [0.4, 0.5) is 5.69 Å². The maximum Gasteiger partial charge on any atom is 0.248 e. The maximum absolute atomic E-state index is 11.9. The molecule has 1 aliphatic rings. The molecule has 0 atom stereocenters. The van der Waals surface area contributed by atoms with E-state index in [-0.39, 0.29) is 12.7 Å². The van der Waals surface area contributed by atoms with Crippen LogP contribution in [0.15, 0.2) is 48.5 Å². The van der Waals surface area contributed by atoms with Gasteiger partial charge in [0.05, 0.1) is 0 Å². The van der Waals surface area contributed by atoms with Gasteiger partial charge in [0.15, 0.2) is 11.5 Å². The molecule has 21 heavy (non-hydrogen) atoms. The fourth-order valence-corrected chi connectivity index (χ4v) is 2.48. The molecule has 1 aliphatic heterocycles. The number of fused-ring (bicyclic) bond motifs is 1. The van der Waals surface area contributed by atoms with Crippen molar-refractivity contribution in [3.8, 4) is 11.5 Å². The number of amides is 1. The Hall–Kier alpha value is -2.02. The van der Waals surface area contributed by atoms with E-state index in [9.17, 15) is 4.79 Å². The number of carbonyl (C=O) groups is 1. The van der Waals surface area contributed by atoms with E-state index in [4.69, 9.17) is 9.47 Å². The van der Waals surface area contributed by atoms with Crippen LogP contribution in [0.5, 0.6) is 11.5 Å². The van der Waals surface area contributed by atoms with Gasteiger partial charge in [0.2, 0.25) is 12.7 Å². The van der Waals surface area contributed by atoms with Crippen molar-refractivity contribution in [2.75, 3.05) is 12.1 Å². The number of rotatable bonds is 3. The summed E-state index contributed by atoms with van der Waals surface area (Å²) in [4.78, 5) is 11.9. The van der Waals surface area contributed by atoms with Crippen molar-refractivity contribution in [3.63, 3.8) is 0 Å². The molecular formula is C16H12INO3. The number of nitrogens with one attached hydrogen (secondary N) is 1. The molecule has 0 bridgehead atoms. The zero-order chi connectivity index (χ0) is 14.7. The van der Waals surface area contributed by atoms with E-state index in [2.05, 4.69) is 27.9 Å². The average Bonchev–Trinajstić information content (AvgIpc) is 2.92. The molecule has 1 amide bonds. The first-order chi connectivity index (χ1) is 10.2. The molecule has 0 aliphatic carbocycles. The van der Waals surface area contributed by atoms with Gasteiger partial charge in [0, 0.05) is 15.3 Å². The molecule has 0 fully saturated rings. The van der Waals surface area contributed by atoms with Gasteiger partial charge in [-0.3, -0.25) is 4.79 Å². The SMILES string of the molecule is O=C(C=Cc1ccc2c(c1)OCO2)Nc1cccc(I)c1. The van der Waals surface area contributed by atoms with Crippen molar-refractivity contribution in [3.05, 3.63) is 57.7 Å². The maximum atomic E-state index is 11.9. The molecule has 0 aromatic heterocycles. The lowest BCUT2D eigenvalue weighted by Gasteiger charge is -2.02. The van der Waals surface area contributed by atoms with Crippen molar-refractivity contribution < 1.29 is 14.3 Å². The van der Waals surface area contributed by atoms with Crippen molar-refractivity contribution >= 4 is 40.3 Å². The van der Waals surface area contributed by atoms with Crippen LogP contribution in [-0.2, 0) is 4.79 Å². The molecule has 1 N–H and O–H groups in total. The monoisotopic (exact) mass is 393 g/mol. The molecule has 0 saturated heterocycles. The van der Waals surface area contributed by atoms with Crippen LogP contribution in [0, 0.1) is 3.57 Å². The molecule has 5 heteroatoms. The topological polar surface area (TPSA) is 47.6 Å². The Balaban J connectivity index is 1.67. The van der Waals surface area contributed by atoms with Crippen LogP contribution in [0.3, 0.4) is 0 Å². The summed E-state index contributed by atoms with van der Waals surface area (Å²) < 4.78 is 11.6. The van der Waals surface area contributed by atoms with Crippen molar-refractivity contribution in [2.24, 2.45) is 0 Å². The zero-order valence-electron chi connectivity index (χ0n) is 11.0. The Morgan fingerprint density at radius 3 is 2.86 bits per heavy atom. The minimum Gasteiger partial charge on any atom is -0.454 e. The van der Waals surface area contributed by atoms with E-state index in [1.54, 1.807) is 6.08 Å². The number of hydrogen-bond acceptors (Lipinski definition) is 3. The molecule has 0 unspecified atom stereocenters. The molecule has 4 nitrogen and oxygen atoms in total. The predicted molar refractivity (Wildman–Crippen MR) is 89.4 cm³/mol. The first-order valence-corrected chi connectivity index (χ1v) is 7.43. The van der Waals surface area contributed by atoms with Gasteiger partial charge in [-0.15, -0.1) is 0 Å². The summed E-state index contributed by atoms with van der Waals surface area (Å²) >= 11 is 2.20. The van der Waals surface area contributed by atoms with Crippen molar-refractivity contribution in [2.45, 2.75) is 0 Å². The highest BCUT2D eigenvalue weighted by molar-refractivity contribution is 14.1. The molecular weight excluding hydrogens is 381 g/mol. The van der Waals surface area contributed by atoms with Crippen LogP contribution in [0.1, 0.15) is 5.56 Å². The van der Waals surface area contributed by atoms with Gasteiger partial charge < -0.3 is 14.8 Å². The number of carbonyl (C=O) groups excluding carboxylic acids is 1. The highest BCUT2D eigenvalue weighted by atomic mass is 127. The van der Waals surface area contributed by atoms with Crippen LogP contribution in [0.25, 0.3) is 6.08 Å². The van der Waals surface area contributed by atoms with E-state index < -0.39 is 0 Å². The second kappa shape index (κ2) is 6.17. The number of benzene rings is 2. The van der Waals surface area contributed by atoms with Crippen molar-refractivity contribution in [1.82, 2.24) is 0 Å². The Morgan fingerprint density at radius 1 is 1.14 bits per heavy atom. The molecule has 106 valence electrons. The first kappa shape index (κ1) is 13.9. The molecule has 0 saturated carbocycles. The molecule has 2 aromatic carbocycles. The predicted octanol–water partition coefficient (Wildman–Crippen LogP) is 3.67. The Kier molecular flexibility index (Phi) is 4.10. The van der Waals surface area contributed by atoms with Gasteiger partial charge in [-0.1, -0.05) is 12.1 Å². The van der Waals surface area contributed by atoms with Crippen molar-refractivity contribution in [1.29, 1.82) is 0 Å². The summed E-state index contributed by atoms with van der Waals surface area (Å²) in [6.07, 6.45) is 3.24. The Morgan fingerprint density at radius 2 is 2.00 bits per heavy atom. The van der Waals surface area contributed by atoms with Crippen LogP contribution < -0.4 is 14.8 Å². The fraction of sp³-hybridized carbons (Fsp3) is 0.0625. The normalized spacial score (nSPS) is 12.6. The van der Waals surface area contributed by atoms with Gasteiger partial charge in [-0.05, 0) is 64.6 Å². The lowest BCUT2D eigenvalue weighted by atomic mass is 10.2. The third-order valence-electron chi connectivity index (χ3n) is 2.92. The standard InChI is InChI=1S/C16H12INO3/c17-12-2-1-3-13(9-12)18-16(19)7-5-11-4-6-14-15(8-11)21-10-20-14/h1-9H,10H2,(H,18,19). The van der Waals surface area contributed by atoms with Crippen LogP contribution in [-0.4, -0.2) is 12.7 Å². The lowest BCUT2D eigenvalue weighted by molar-refractivity contribution is -0.111. The van der Waals surface area contributed by atoms with E-state index in [1.807, 2.05) is 42.5 Å². The van der Waals surface area contributed by atoms with Gasteiger partial charge in [0.25, 0.3) is 0 Å². The van der Waals surface area contributed by atoms with Gasteiger partial charge >= 0.3 is 0 Å². The summed E-state index contributed by atoms with van der Waals surface area (Å²) in [5, 5.41) is 2.82. The first-order valence-electron chi connectivity index (χ1n) is 6.35. The van der Waals surface area contributed by atoms with E-state index >= 15 is 0 Å². The van der Waals surface area contributed by atoms with E-state index in [1.165, 1.54) is 6.08 Å². The van der Waals surface area contributed by atoms with Crippen LogP contribution >= 0.6 is 22.6 Å². The van der Waals surface area contributed by atoms with E-state index in [0.717, 1.165) is 20.6 Å². The number of ether oxygens (including phenoxy) is 2. The molecule has 3 rings (SSSR count).